The zero-order valence-corrected chi connectivity index (χ0v) is 10.5. The topological polar surface area (TPSA) is 24.5 Å². The van der Waals surface area contributed by atoms with Gasteiger partial charge in [-0.2, -0.15) is 0 Å². The molecule has 3 nitrogen and oxygen atoms in total. The Labute approximate surface area is 106 Å². The smallest absolute Gasteiger partial charge is 0.165 e. The van der Waals surface area contributed by atoms with Crippen LogP contribution in [0, 0.1) is 5.82 Å². The molecule has 0 radical (unpaired) electrons. The van der Waals surface area contributed by atoms with Crippen molar-refractivity contribution < 1.29 is 13.5 Å². The number of nitrogens with zero attached hydrogens (tertiary/aromatic N) is 1. The maximum Gasteiger partial charge on any atom is 0.165 e. The summed E-state index contributed by atoms with van der Waals surface area (Å²) in [5.41, 5.74) is 0.585. The van der Waals surface area contributed by atoms with E-state index in [0.29, 0.717) is 5.56 Å². The Morgan fingerprint density at radius 1 is 1.39 bits per heavy atom. The van der Waals surface area contributed by atoms with E-state index in [1.807, 2.05) is 4.90 Å². The van der Waals surface area contributed by atoms with Gasteiger partial charge in [0.2, 0.25) is 0 Å². The summed E-state index contributed by atoms with van der Waals surface area (Å²) in [6.07, 6.45) is 0. The predicted octanol–water partition coefficient (Wildman–Crippen LogP) is 1.75. The fourth-order valence-corrected chi connectivity index (χ4v) is 2.37. The van der Waals surface area contributed by atoms with Gasteiger partial charge in [-0.25, -0.2) is 8.78 Å². The van der Waals surface area contributed by atoms with E-state index >= 15 is 0 Å². The summed E-state index contributed by atoms with van der Waals surface area (Å²) >= 11 is 0. The molecule has 0 amide bonds. The molecule has 1 aliphatic heterocycles. The van der Waals surface area contributed by atoms with E-state index in [1.165, 1.54) is 13.2 Å². The summed E-state index contributed by atoms with van der Waals surface area (Å²) in [6, 6.07) is 4.22. The normalized spacial score (nSPS) is 18.6. The summed E-state index contributed by atoms with van der Waals surface area (Å²) < 4.78 is 32.0. The maximum atomic E-state index is 13.6. The van der Waals surface area contributed by atoms with Gasteiger partial charge >= 0.3 is 0 Å². The number of piperazine rings is 1. The number of halogens is 2. The summed E-state index contributed by atoms with van der Waals surface area (Å²) in [4.78, 5) is 2.02. The van der Waals surface area contributed by atoms with E-state index in [9.17, 15) is 8.78 Å². The zero-order valence-electron chi connectivity index (χ0n) is 10.5. The standard InChI is InChI=1S/C13H18F2N2O/c1-18-13-10(3-2-4-11(13)15)12(9-14)17-7-5-16-6-8-17/h2-4,12,16H,5-9H2,1H3/t12-/m1/s1. The molecule has 18 heavy (non-hydrogen) atoms. The van der Waals surface area contributed by atoms with Crippen LogP contribution in [0.25, 0.3) is 0 Å². The zero-order chi connectivity index (χ0) is 13.0. The Hall–Kier alpha value is -1.20. The van der Waals surface area contributed by atoms with Crippen molar-refractivity contribution in [3.63, 3.8) is 0 Å². The van der Waals surface area contributed by atoms with Gasteiger partial charge in [0, 0.05) is 31.7 Å². The average molecular weight is 256 g/mol. The lowest BCUT2D eigenvalue weighted by Crippen LogP contribution is -2.45. The van der Waals surface area contributed by atoms with Gasteiger partial charge in [0.25, 0.3) is 0 Å². The van der Waals surface area contributed by atoms with Gasteiger partial charge in [0.05, 0.1) is 13.2 Å². The van der Waals surface area contributed by atoms with E-state index in [-0.39, 0.29) is 5.75 Å². The molecule has 0 aromatic heterocycles. The fraction of sp³-hybridized carbons (Fsp3) is 0.538. The first-order valence-corrected chi connectivity index (χ1v) is 6.11. The highest BCUT2D eigenvalue weighted by Gasteiger charge is 2.25. The second-order valence-corrected chi connectivity index (χ2v) is 4.32. The SMILES string of the molecule is COc1c(F)cccc1[C@@H](CF)N1CCNCC1. The predicted molar refractivity (Wildman–Crippen MR) is 66.1 cm³/mol. The Balaban J connectivity index is 2.28. The van der Waals surface area contributed by atoms with E-state index in [4.69, 9.17) is 4.74 Å². The first-order valence-electron chi connectivity index (χ1n) is 6.11. The third kappa shape index (κ3) is 2.62. The number of benzene rings is 1. The van der Waals surface area contributed by atoms with Crippen LogP contribution < -0.4 is 10.1 Å². The van der Waals surface area contributed by atoms with Crippen molar-refractivity contribution in [2.24, 2.45) is 0 Å². The highest BCUT2D eigenvalue weighted by molar-refractivity contribution is 5.37. The highest BCUT2D eigenvalue weighted by Crippen LogP contribution is 2.32. The number of alkyl halides is 1. The van der Waals surface area contributed by atoms with Crippen molar-refractivity contribution in [2.45, 2.75) is 6.04 Å². The van der Waals surface area contributed by atoms with Gasteiger partial charge in [-0.05, 0) is 6.07 Å². The molecule has 1 fully saturated rings. The Morgan fingerprint density at radius 3 is 2.72 bits per heavy atom. The van der Waals surface area contributed by atoms with Crippen LogP contribution in [0.3, 0.4) is 0 Å². The molecule has 2 rings (SSSR count). The number of methoxy groups -OCH3 is 1. The first-order chi connectivity index (χ1) is 8.77. The van der Waals surface area contributed by atoms with Crippen molar-refractivity contribution in [2.75, 3.05) is 40.0 Å². The second-order valence-electron chi connectivity index (χ2n) is 4.32. The molecule has 0 unspecified atom stereocenters. The molecule has 100 valence electrons. The molecular weight excluding hydrogens is 238 g/mol. The number of nitrogens with one attached hydrogen (secondary N) is 1. The van der Waals surface area contributed by atoms with Gasteiger partial charge < -0.3 is 10.1 Å². The highest BCUT2D eigenvalue weighted by atomic mass is 19.1. The van der Waals surface area contributed by atoms with Crippen molar-refractivity contribution in [1.29, 1.82) is 0 Å². The quantitative estimate of drug-likeness (QED) is 0.888. The third-order valence-corrected chi connectivity index (χ3v) is 3.30. The molecule has 1 aromatic carbocycles. The third-order valence-electron chi connectivity index (χ3n) is 3.30. The number of hydrogen-bond donors (Lipinski definition) is 1. The number of hydrogen-bond acceptors (Lipinski definition) is 3. The van der Waals surface area contributed by atoms with Gasteiger partial charge in [0.15, 0.2) is 11.6 Å². The van der Waals surface area contributed by atoms with Gasteiger partial charge in [-0.1, -0.05) is 12.1 Å². The van der Waals surface area contributed by atoms with Crippen molar-refractivity contribution >= 4 is 0 Å². The molecular formula is C13H18F2N2O. The minimum absolute atomic E-state index is 0.152. The number of para-hydroxylation sites is 1. The van der Waals surface area contributed by atoms with E-state index in [1.54, 1.807) is 12.1 Å². The molecule has 1 aliphatic rings. The lowest BCUT2D eigenvalue weighted by molar-refractivity contribution is 0.144. The van der Waals surface area contributed by atoms with Crippen molar-refractivity contribution in [1.82, 2.24) is 10.2 Å². The minimum atomic E-state index is -0.542. The monoisotopic (exact) mass is 256 g/mol. The fourth-order valence-electron chi connectivity index (χ4n) is 2.37. The summed E-state index contributed by atoms with van der Waals surface area (Å²) in [6.45, 7) is 2.63. The molecule has 0 aliphatic carbocycles. The molecule has 1 heterocycles. The van der Waals surface area contributed by atoms with E-state index in [2.05, 4.69) is 5.32 Å². The molecule has 0 bridgehead atoms. The Kier molecular flexibility index (Phi) is 4.49. The minimum Gasteiger partial charge on any atom is -0.493 e. The molecule has 1 saturated heterocycles. The van der Waals surface area contributed by atoms with Crippen LogP contribution in [0.4, 0.5) is 8.78 Å². The van der Waals surface area contributed by atoms with Crippen LogP contribution in [-0.4, -0.2) is 44.9 Å². The van der Waals surface area contributed by atoms with Crippen LogP contribution in [-0.2, 0) is 0 Å². The largest absolute Gasteiger partial charge is 0.493 e. The molecule has 1 N–H and O–H groups in total. The summed E-state index contributed by atoms with van der Waals surface area (Å²) in [5.74, 6) is -0.290. The second kappa shape index (κ2) is 6.11. The van der Waals surface area contributed by atoms with Crippen molar-refractivity contribution in [3.05, 3.63) is 29.6 Å². The molecule has 5 heteroatoms. The molecule has 0 spiro atoms. The lowest BCUT2D eigenvalue weighted by atomic mass is 10.0. The molecule has 0 saturated carbocycles. The summed E-state index contributed by atoms with van der Waals surface area (Å²) in [7, 11) is 1.41. The first kappa shape index (κ1) is 13.2. The van der Waals surface area contributed by atoms with Gasteiger partial charge in [-0.3, -0.25) is 4.90 Å². The van der Waals surface area contributed by atoms with Crippen LogP contribution in [0.15, 0.2) is 18.2 Å². The van der Waals surface area contributed by atoms with Crippen LogP contribution >= 0.6 is 0 Å². The summed E-state index contributed by atoms with van der Waals surface area (Å²) in [5, 5.41) is 3.22. The van der Waals surface area contributed by atoms with Crippen LogP contribution in [0.1, 0.15) is 11.6 Å². The number of rotatable bonds is 4. The van der Waals surface area contributed by atoms with Crippen LogP contribution in [0.5, 0.6) is 5.75 Å². The Morgan fingerprint density at radius 2 is 2.11 bits per heavy atom. The van der Waals surface area contributed by atoms with Crippen molar-refractivity contribution in [3.8, 4) is 5.75 Å². The van der Waals surface area contributed by atoms with Gasteiger partial charge in [-0.15, -0.1) is 0 Å². The van der Waals surface area contributed by atoms with E-state index in [0.717, 1.165) is 26.2 Å². The lowest BCUT2D eigenvalue weighted by Gasteiger charge is -2.34. The van der Waals surface area contributed by atoms with Crippen LogP contribution in [0.2, 0.25) is 0 Å². The Bertz CT molecular complexity index is 395. The molecule has 1 aromatic rings. The maximum absolute atomic E-state index is 13.6. The van der Waals surface area contributed by atoms with Gasteiger partial charge in [0.1, 0.15) is 6.67 Å². The van der Waals surface area contributed by atoms with E-state index < -0.39 is 18.5 Å². The molecule has 1 atom stereocenters. The number of ether oxygens (including phenoxy) is 1. The average Bonchev–Trinajstić information content (AvgIpc) is 2.41.